The van der Waals surface area contributed by atoms with Crippen molar-refractivity contribution in [2.45, 2.75) is 26.2 Å². The van der Waals surface area contributed by atoms with E-state index >= 15 is 0 Å². The summed E-state index contributed by atoms with van der Waals surface area (Å²) >= 11 is 0. The second-order valence-corrected chi connectivity index (χ2v) is 5.62. The molecular weight excluding hydrogens is 270 g/mol. The quantitative estimate of drug-likeness (QED) is 0.875. The molecule has 1 aliphatic rings. The number of nitrogens with one attached hydrogen (secondary N) is 1. The molecule has 1 heterocycles. The molecule has 0 spiro atoms. The van der Waals surface area contributed by atoms with Crippen LogP contribution in [-0.4, -0.2) is 6.54 Å². The van der Waals surface area contributed by atoms with Crippen molar-refractivity contribution in [1.29, 1.82) is 0 Å². The minimum absolute atomic E-state index is 0.924. The van der Waals surface area contributed by atoms with Crippen LogP contribution in [0.15, 0.2) is 72.4 Å². The number of hydrazine groups is 2. The van der Waals surface area contributed by atoms with E-state index in [2.05, 4.69) is 83.3 Å². The van der Waals surface area contributed by atoms with Gasteiger partial charge in [0.2, 0.25) is 0 Å². The van der Waals surface area contributed by atoms with Crippen LogP contribution in [0.4, 0.5) is 11.4 Å². The van der Waals surface area contributed by atoms with Gasteiger partial charge in [0.25, 0.3) is 0 Å². The monoisotopic (exact) mass is 293 g/mol. The van der Waals surface area contributed by atoms with Gasteiger partial charge < -0.3 is 0 Å². The van der Waals surface area contributed by atoms with Crippen molar-refractivity contribution in [3.8, 4) is 0 Å². The van der Waals surface area contributed by atoms with E-state index in [0.717, 1.165) is 18.7 Å². The largest absolute Gasteiger partial charge is 0.286 e. The Kier molecular flexibility index (Phi) is 4.76. The zero-order chi connectivity index (χ0) is 15.2. The molecule has 0 aliphatic carbocycles. The lowest BCUT2D eigenvalue weighted by atomic mass is 10.1. The third kappa shape index (κ3) is 3.49. The molecule has 2 aromatic rings. The first-order valence-electron chi connectivity index (χ1n) is 7.99. The predicted molar refractivity (Wildman–Crippen MR) is 93.5 cm³/mol. The summed E-state index contributed by atoms with van der Waals surface area (Å²) in [6, 6.07) is 20.9. The van der Waals surface area contributed by atoms with Gasteiger partial charge in [0.1, 0.15) is 0 Å². The first-order valence-corrected chi connectivity index (χ1v) is 7.99. The van der Waals surface area contributed by atoms with Gasteiger partial charge in [-0.05, 0) is 42.7 Å². The smallest absolute Gasteiger partial charge is 0.0590 e. The van der Waals surface area contributed by atoms with Crippen molar-refractivity contribution >= 4 is 11.4 Å². The maximum atomic E-state index is 3.48. The number of para-hydroxylation sites is 2. The highest BCUT2D eigenvalue weighted by Crippen LogP contribution is 2.23. The van der Waals surface area contributed by atoms with Crippen molar-refractivity contribution in [2.24, 2.45) is 0 Å². The van der Waals surface area contributed by atoms with Crippen molar-refractivity contribution in [2.75, 3.05) is 16.6 Å². The molecule has 114 valence electrons. The molecule has 0 fully saturated rings. The minimum Gasteiger partial charge on any atom is -0.286 e. The summed E-state index contributed by atoms with van der Waals surface area (Å²) in [5.41, 5.74) is 7.27. The van der Waals surface area contributed by atoms with Gasteiger partial charge in [-0.2, -0.15) is 0 Å². The number of anilines is 2. The topological polar surface area (TPSA) is 18.5 Å². The standard InChI is InChI=1S/C19H23N3/c1-2-3-10-17-15-21(18-11-6-4-7-12-18)20-22(16-17)19-13-8-5-9-14-19/h4-9,11-15,20H,2-3,10,16H2,1H3. The minimum atomic E-state index is 0.924. The molecule has 0 aromatic heterocycles. The molecule has 3 nitrogen and oxygen atoms in total. The molecule has 2 aromatic carbocycles. The lowest BCUT2D eigenvalue weighted by Crippen LogP contribution is -2.52. The molecule has 0 bridgehead atoms. The molecule has 0 saturated carbocycles. The third-order valence-electron chi connectivity index (χ3n) is 3.85. The molecule has 0 saturated heterocycles. The normalized spacial score (nSPS) is 14.9. The van der Waals surface area contributed by atoms with E-state index in [0.29, 0.717) is 0 Å². The summed E-state index contributed by atoms with van der Waals surface area (Å²) in [4.78, 5) is 0. The van der Waals surface area contributed by atoms with Crippen LogP contribution in [0.3, 0.4) is 0 Å². The number of unbranched alkanes of at least 4 members (excludes halogenated alkanes) is 1. The number of nitrogens with zero attached hydrogens (tertiary/aromatic N) is 2. The molecule has 0 amide bonds. The van der Waals surface area contributed by atoms with Gasteiger partial charge in [-0.15, -0.1) is 5.53 Å². The highest BCUT2D eigenvalue weighted by molar-refractivity contribution is 5.54. The molecule has 0 unspecified atom stereocenters. The Bertz CT molecular complexity index is 607. The fourth-order valence-electron chi connectivity index (χ4n) is 2.65. The van der Waals surface area contributed by atoms with Crippen LogP contribution in [0.1, 0.15) is 26.2 Å². The zero-order valence-corrected chi connectivity index (χ0v) is 13.1. The lowest BCUT2D eigenvalue weighted by molar-refractivity contribution is 0.602. The maximum absolute atomic E-state index is 3.48. The molecule has 3 rings (SSSR count). The lowest BCUT2D eigenvalue weighted by Gasteiger charge is -2.37. The summed E-state index contributed by atoms with van der Waals surface area (Å²) in [6.07, 6.45) is 5.84. The van der Waals surface area contributed by atoms with Crippen LogP contribution in [0.25, 0.3) is 0 Å². The Morgan fingerprint density at radius 2 is 1.55 bits per heavy atom. The molecule has 1 N–H and O–H groups in total. The molecule has 0 radical (unpaired) electrons. The third-order valence-corrected chi connectivity index (χ3v) is 3.85. The maximum Gasteiger partial charge on any atom is 0.0590 e. The molecule has 22 heavy (non-hydrogen) atoms. The highest BCUT2D eigenvalue weighted by Gasteiger charge is 2.18. The fraction of sp³-hybridized carbons (Fsp3) is 0.263. The first kappa shape index (κ1) is 14.7. The van der Waals surface area contributed by atoms with Crippen molar-refractivity contribution < 1.29 is 0 Å². The van der Waals surface area contributed by atoms with E-state index in [4.69, 9.17) is 0 Å². The highest BCUT2D eigenvalue weighted by atomic mass is 15.8. The SMILES string of the molecule is CCCCC1=CN(c2ccccc2)NN(c2ccccc2)C1. The summed E-state index contributed by atoms with van der Waals surface area (Å²) in [5.74, 6) is 0. The Hall–Kier alpha value is -2.26. The van der Waals surface area contributed by atoms with Gasteiger partial charge in [-0.1, -0.05) is 49.7 Å². The van der Waals surface area contributed by atoms with Gasteiger partial charge in [-0.25, -0.2) is 0 Å². The summed E-state index contributed by atoms with van der Waals surface area (Å²) < 4.78 is 0. The second-order valence-electron chi connectivity index (χ2n) is 5.62. The predicted octanol–water partition coefficient (Wildman–Crippen LogP) is 4.51. The number of hydrogen-bond donors (Lipinski definition) is 1. The molecule has 1 aliphatic heterocycles. The Labute approximate surface area is 132 Å². The summed E-state index contributed by atoms with van der Waals surface area (Å²) in [5, 5.41) is 4.32. The van der Waals surface area contributed by atoms with E-state index in [9.17, 15) is 0 Å². The van der Waals surface area contributed by atoms with Crippen LogP contribution in [0, 0.1) is 0 Å². The van der Waals surface area contributed by atoms with E-state index in [1.54, 1.807) is 0 Å². The zero-order valence-electron chi connectivity index (χ0n) is 13.1. The van der Waals surface area contributed by atoms with E-state index in [1.807, 2.05) is 6.07 Å². The average molecular weight is 293 g/mol. The van der Waals surface area contributed by atoms with E-state index in [1.165, 1.54) is 24.1 Å². The van der Waals surface area contributed by atoms with Crippen molar-refractivity contribution in [1.82, 2.24) is 5.53 Å². The van der Waals surface area contributed by atoms with Crippen LogP contribution < -0.4 is 15.6 Å². The van der Waals surface area contributed by atoms with Crippen molar-refractivity contribution in [3.63, 3.8) is 0 Å². The Balaban J connectivity index is 1.85. The van der Waals surface area contributed by atoms with E-state index in [-0.39, 0.29) is 0 Å². The van der Waals surface area contributed by atoms with Crippen LogP contribution >= 0.6 is 0 Å². The van der Waals surface area contributed by atoms with Gasteiger partial charge in [0.15, 0.2) is 0 Å². The molecular formula is C19H23N3. The van der Waals surface area contributed by atoms with Gasteiger partial charge in [0.05, 0.1) is 17.9 Å². The molecule has 3 heteroatoms. The Morgan fingerprint density at radius 1 is 0.909 bits per heavy atom. The Morgan fingerprint density at radius 3 is 2.18 bits per heavy atom. The summed E-state index contributed by atoms with van der Waals surface area (Å²) in [6.45, 7) is 3.17. The second kappa shape index (κ2) is 7.14. The van der Waals surface area contributed by atoms with Crippen LogP contribution in [-0.2, 0) is 0 Å². The number of rotatable bonds is 5. The van der Waals surface area contributed by atoms with Gasteiger partial charge in [0, 0.05) is 6.20 Å². The fourth-order valence-corrected chi connectivity index (χ4v) is 2.65. The van der Waals surface area contributed by atoms with Gasteiger partial charge in [-0.3, -0.25) is 10.0 Å². The number of benzene rings is 2. The van der Waals surface area contributed by atoms with Crippen molar-refractivity contribution in [3.05, 3.63) is 72.4 Å². The van der Waals surface area contributed by atoms with Gasteiger partial charge >= 0.3 is 0 Å². The number of hydrogen-bond acceptors (Lipinski definition) is 3. The first-order chi connectivity index (χ1) is 10.9. The average Bonchev–Trinajstić information content (AvgIpc) is 2.61. The molecule has 0 atom stereocenters. The van der Waals surface area contributed by atoms with Crippen LogP contribution in [0.5, 0.6) is 0 Å². The van der Waals surface area contributed by atoms with E-state index < -0.39 is 0 Å². The van der Waals surface area contributed by atoms with Crippen LogP contribution in [0.2, 0.25) is 0 Å². The summed E-state index contributed by atoms with van der Waals surface area (Å²) in [7, 11) is 0.